The number of nitrogens with zero attached hydrogens (tertiary/aromatic N) is 5. The Kier molecular flexibility index (Phi) is 6.99. The summed E-state index contributed by atoms with van der Waals surface area (Å²) in [4.78, 5) is 36.9. The number of hydrogen-bond acceptors (Lipinski definition) is 7. The van der Waals surface area contributed by atoms with Crippen molar-refractivity contribution in [2.24, 2.45) is 0 Å². The van der Waals surface area contributed by atoms with Crippen molar-refractivity contribution in [3.05, 3.63) is 88.6 Å². The van der Waals surface area contributed by atoms with Crippen molar-refractivity contribution in [3.63, 3.8) is 0 Å². The first kappa shape index (κ1) is 25.7. The van der Waals surface area contributed by atoms with E-state index < -0.39 is 12.1 Å². The highest BCUT2D eigenvalue weighted by atomic mass is 79.9. The molecule has 1 aliphatic heterocycles. The zero-order chi connectivity index (χ0) is 27.6. The van der Waals surface area contributed by atoms with Crippen molar-refractivity contribution in [2.75, 3.05) is 25.0 Å². The molecule has 202 valence electrons. The standard InChI is InChI=1S/C28H23BrFN7O3/c29-21-8-4-7-20-23(21)33-27(37-25(20)34-24(35-37)18-9-11-19(30)12-10-18)32-22-15-36(14-13-31-26(22)38)28(39)40-16-17-5-2-1-3-6-17/h1-12,22H,13-16H2,(H,31,38)(H,32,33)/t22-/m1/s1. The van der Waals surface area contributed by atoms with Gasteiger partial charge in [-0.05, 0) is 57.9 Å². The van der Waals surface area contributed by atoms with Crippen LogP contribution in [0.1, 0.15) is 5.56 Å². The van der Waals surface area contributed by atoms with E-state index in [-0.39, 0.29) is 37.4 Å². The summed E-state index contributed by atoms with van der Waals surface area (Å²) in [5, 5.41) is 11.4. The lowest BCUT2D eigenvalue weighted by molar-refractivity contribution is -0.121. The number of ether oxygens (including phenoxy) is 1. The molecule has 1 fully saturated rings. The van der Waals surface area contributed by atoms with Crippen LogP contribution in [0.2, 0.25) is 0 Å². The van der Waals surface area contributed by atoms with Gasteiger partial charge in [-0.3, -0.25) is 4.79 Å². The lowest BCUT2D eigenvalue weighted by Crippen LogP contribution is -2.44. The van der Waals surface area contributed by atoms with Crippen LogP contribution in [0.5, 0.6) is 0 Å². The van der Waals surface area contributed by atoms with E-state index in [1.807, 2.05) is 48.5 Å². The van der Waals surface area contributed by atoms with Gasteiger partial charge in [-0.15, -0.1) is 5.10 Å². The molecule has 10 nitrogen and oxygen atoms in total. The molecule has 0 aliphatic carbocycles. The third kappa shape index (κ3) is 5.17. The first-order valence-electron chi connectivity index (χ1n) is 12.6. The van der Waals surface area contributed by atoms with Gasteiger partial charge in [0, 0.05) is 28.5 Å². The largest absolute Gasteiger partial charge is 0.445 e. The third-order valence-corrected chi connectivity index (χ3v) is 7.16. The molecule has 0 unspecified atom stereocenters. The number of anilines is 1. The SMILES string of the molecule is O=C1NCCN(C(=O)OCc2ccccc2)C[C@H]1Nc1nc2c(Br)cccc2c2nc(-c3ccc(F)cc3)nn12. The third-order valence-electron chi connectivity index (χ3n) is 6.52. The number of amides is 2. The highest BCUT2D eigenvalue weighted by Gasteiger charge is 2.30. The summed E-state index contributed by atoms with van der Waals surface area (Å²) < 4.78 is 21.3. The van der Waals surface area contributed by atoms with Crippen molar-refractivity contribution in [2.45, 2.75) is 12.6 Å². The first-order chi connectivity index (χ1) is 19.5. The molecule has 0 spiro atoms. The van der Waals surface area contributed by atoms with Crippen molar-refractivity contribution >= 4 is 50.4 Å². The highest BCUT2D eigenvalue weighted by molar-refractivity contribution is 9.10. The second kappa shape index (κ2) is 10.9. The van der Waals surface area contributed by atoms with Crippen molar-refractivity contribution in [1.82, 2.24) is 29.8 Å². The fourth-order valence-corrected chi connectivity index (χ4v) is 4.94. The predicted molar refractivity (Wildman–Crippen MR) is 150 cm³/mol. The Morgan fingerprint density at radius 2 is 1.88 bits per heavy atom. The van der Waals surface area contributed by atoms with Gasteiger partial charge in [-0.25, -0.2) is 19.2 Å². The Morgan fingerprint density at radius 3 is 2.67 bits per heavy atom. The Labute approximate surface area is 236 Å². The number of hydrogen-bond donors (Lipinski definition) is 2. The number of carbonyl (C=O) groups excluding carboxylic acids is 2. The minimum absolute atomic E-state index is 0.0517. The van der Waals surface area contributed by atoms with E-state index in [2.05, 4.69) is 31.7 Å². The molecule has 40 heavy (non-hydrogen) atoms. The van der Waals surface area contributed by atoms with E-state index in [1.165, 1.54) is 21.5 Å². The summed E-state index contributed by atoms with van der Waals surface area (Å²) in [6, 6.07) is 20.0. The van der Waals surface area contributed by atoms with E-state index in [9.17, 15) is 14.0 Å². The average molecular weight is 604 g/mol. The Hall–Kier alpha value is -4.58. The van der Waals surface area contributed by atoms with E-state index in [0.29, 0.717) is 29.1 Å². The zero-order valence-electron chi connectivity index (χ0n) is 21.1. The summed E-state index contributed by atoms with van der Waals surface area (Å²) in [5.41, 5.74) is 2.61. The number of nitrogens with one attached hydrogen (secondary N) is 2. The van der Waals surface area contributed by atoms with Gasteiger partial charge in [-0.2, -0.15) is 4.52 Å². The number of halogens is 2. The Bertz CT molecular complexity index is 1710. The molecule has 12 heteroatoms. The molecule has 2 N–H and O–H groups in total. The maximum Gasteiger partial charge on any atom is 0.410 e. The van der Waals surface area contributed by atoms with Crippen LogP contribution in [0.15, 0.2) is 77.3 Å². The Balaban J connectivity index is 1.32. The van der Waals surface area contributed by atoms with Crippen LogP contribution in [0.4, 0.5) is 15.1 Å². The molecule has 1 saturated heterocycles. The maximum atomic E-state index is 13.5. The molecular weight excluding hydrogens is 581 g/mol. The summed E-state index contributed by atoms with van der Waals surface area (Å²) in [5.74, 6) is -0.0276. The molecule has 2 aromatic heterocycles. The number of rotatable bonds is 5. The molecule has 3 aromatic carbocycles. The minimum Gasteiger partial charge on any atom is -0.445 e. The molecular formula is C28H23BrFN7O3. The van der Waals surface area contributed by atoms with Gasteiger partial charge in [0.05, 0.1) is 12.1 Å². The van der Waals surface area contributed by atoms with Crippen molar-refractivity contribution in [3.8, 4) is 11.4 Å². The summed E-state index contributed by atoms with van der Waals surface area (Å²) in [7, 11) is 0. The van der Waals surface area contributed by atoms with E-state index >= 15 is 0 Å². The smallest absolute Gasteiger partial charge is 0.410 e. The molecule has 0 saturated carbocycles. The van der Waals surface area contributed by atoms with Crippen molar-refractivity contribution < 1.29 is 18.7 Å². The molecule has 3 heterocycles. The quantitative estimate of drug-likeness (QED) is 0.306. The van der Waals surface area contributed by atoms with Gasteiger partial charge < -0.3 is 20.3 Å². The van der Waals surface area contributed by atoms with Crippen LogP contribution in [-0.4, -0.2) is 62.2 Å². The molecule has 0 radical (unpaired) electrons. The molecule has 5 aromatic rings. The van der Waals surface area contributed by atoms with Crippen LogP contribution in [0, 0.1) is 5.82 Å². The number of para-hydroxylation sites is 1. The summed E-state index contributed by atoms with van der Waals surface area (Å²) >= 11 is 3.55. The van der Waals surface area contributed by atoms with Crippen LogP contribution in [0.3, 0.4) is 0 Å². The van der Waals surface area contributed by atoms with Crippen LogP contribution >= 0.6 is 15.9 Å². The van der Waals surface area contributed by atoms with Crippen LogP contribution in [-0.2, 0) is 16.1 Å². The number of aromatic nitrogens is 4. The minimum atomic E-state index is -0.846. The normalized spacial score (nSPS) is 15.6. The summed E-state index contributed by atoms with van der Waals surface area (Å²) in [6.45, 7) is 0.751. The van der Waals surface area contributed by atoms with Gasteiger partial charge in [0.2, 0.25) is 11.9 Å². The summed E-state index contributed by atoms with van der Waals surface area (Å²) in [6.07, 6.45) is -0.522. The zero-order valence-corrected chi connectivity index (χ0v) is 22.6. The fourth-order valence-electron chi connectivity index (χ4n) is 4.49. The maximum absolute atomic E-state index is 13.5. The van der Waals surface area contributed by atoms with Crippen molar-refractivity contribution in [1.29, 1.82) is 0 Å². The highest BCUT2D eigenvalue weighted by Crippen LogP contribution is 2.29. The molecule has 2 amide bonds. The fraction of sp³-hybridized carbons (Fsp3) is 0.179. The van der Waals surface area contributed by atoms with E-state index in [1.54, 1.807) is 12.1 Å². The van der Waals surface area contributed by atoms with Gasteiger partial charge >= 0.3 is 6.09 Å². The Morgan fingerprint density at radius 1 is 1.07 bits per heavy atom. The molecule has 6 rings (SSSR count). The molecule has 0 bridgehead atoms. The second-order valence-electron chi connectivity index (χ2n) is 9.22. The van der Waals surface area contributed by atoms with E-state index in [4.69, 9.17) is 14.7 Å². The molecule has 1 aliphatic rings. The number of fused-ring (bicyclic) bond motifs is 3. The first-order valence-corrected chi connectivity index (χ1v) is 13.4. The van der Waals surface area contributed by atoms with Gasteiger partial charge in [0.15, 0.2) is 11.5 Å². The molecule has 1 atom stereocenters. The lowest BCUT2D eigenvalue weighted by atomic mass is 10.2. The van der Waals surface area contributed by atoms with Gasteiger partial charge in [-0.1, -0.05) is 36.4 Å². The lowest BCUT2D eigenvalue weighted by Gasteiger charge is -2.23. The van der Waals surface area contributed by atoms with Gasteiger partial charge in [0.25, 0.3) is 0 Å². The van der Waals surface area contributed by atoms with Crippen LogP contribution < -0.4 is 10.6 Å². The number of benzene rings is 3. The average Bonchev–Trinajstić information content (AvgIpc) is 3.34. The van der Waals surface area contributed by atoms with Crippen LogP contribution in [0.25, 0.3) is 27.9 Å². The monoisotopic (exact) mass is 603 g/mol. The predicted octanol–water partition coefficient (Wildman–Crippen LogP) is 4.40. The van der Waals surface area contributed by atoms with Gasteiger partial charge in [0.1, 0.15) is 18.5 Å². The topological polar surface area (TPSA) is 114 Å². The second-order valence-corrected chi connectivity index (χ2v) is 10.1. The van der Waals surface area contributed by atoms with E-state index in [0.717, 1.165) is 15.4 Å². The number of carbonyl (C=O) groups is 2.